The number of carbonyl (C=O) groups excluding carboxylic acids is 1. The smallest absolute Gasteiger partial charge is 0.277 e. The number of benzene rings is 1. The number of aromatic nitrogens is 3. The van der Waals surface area contributed by atoms with E-state index < -0.39 is 0 Å². The van der Waals surface area contributed by atoms with E-state index in [4.69, 9.17) is 4.74 Å². The Balaban J connectivity index is 1.80. The van der Waals surface area contributed by atoms with Crippen LogP contribution in [0.2, 0.25) is 0 Å². The fourth-order valence-electron chi connectivity index (χ4n) is 2.76. The van der Waals surface area contributed by atoms with Gasteiger partial charge in [0, 0.05) is 24.5 Å². The van der Waals surface area contributed by atoms with Crippen molar-refractivity contribution in [2.75, 3.05) is 13.7 Å². The molecule has 0 aliphatic heterocycles. The standard InChI is InChI=1S/C20H24N4O3/c1-14(2)8-9-21-19(25)13-23-10-11-24-18(20(23)26)12-17(22-24)15-4-6-16(27-3)7-5-15/h4-7,10-12,14H,8-9,13H2,1-3H3,(H,21,25). The molecule has 0 aliphatic rings. The number of nitrogens with zero attached hydrogens (tertiary/aromatic N) is 3. The maximum Gasteiger partial charge on any atom is 0.277 e. The monoisotopic (exact) mass is 368 g/mol. The highest BCUT2D eigenvalue weighted by molar-refractivity contribution is 5.75. The summed E-state index contributed by atoms with van der Waals surface area (Å²) in [7, 11) is 1.61. The second-order valence-electron chi connectivity index (χ2n) is 6.85. The minimum Gasteiger partial charge on any atom is -0.497 e. The lowest BCUT2D eigenvalue weighted by Gasteiger charge is -2.08. The molecule has 1 amide bonds. The van der Waals surface area contributed by atoms with Crippen LogP contribution in [-0.4, -0.2) is 33.7 Å². The van der Waals surface area contributed by atoms with Gasteiger partial charge in [-0.25, -0.2) is 4.52 Å². The van der Waals surface area contributed by atoms with Gasteiger partial charge in [-0.2, -0.15) is 5.10 Å². The van der Waals surface area contributed by atoms with E-state index in [0.717, 1.165) is 17.7 Å². The molecule has 0 saturated heterocycles. The van der Waals surface area contributed by atoms with Crippen LogP contribution < -0.4 is 15.6 Å². The number of methoxy groups -OCH3 is 1. The van der Waals surface area contributed by atoms with Gasteiger partial charge in [0.25, 0.3) is 5.56 Å². The number of carbonyl (C=O) groups is 1. The number of hydrogen-bond acceptors (Lipinski definition) is 4. The second-order valence-corrected chi connectivity index (χ2v) is 6.85. The summed E-state index contributed by atoms with van der Waals surface area (Å²) in [6, 6.07) is 9.21. The van der Waals surface area contributed by atoms with Crippen LogP contribution >= 0.6 is 0 Å². The average Bonchev–Trinajstić information content (AvgIpc) is 3.09. The molecule has 1 N–H and O–H groups in total. The van der Waals surface area contributed by atoms with E-state index in [1.54, 1.807) is 25.6 Å². The average molecular weight is 368 g/mol. The summed E-state index contributed by atoms with van der Waals surface area (Å²) in [5.41, 5.74) is 1.76. The highest BCUT2D eigenvalue weighted by atomic mass is 16.5. The summed E-state index contributed by atoms with van der Waals surface area (Å²) in [4.78, 5) is 24.8. The lowest BCUT2D eigenvalue weighted by molar-refractivity contribution is -0.121. The highest BCUT2D eigenvalue weighted by Gasteiger charge is 2.11. The first-order chi connectivity index (χ1) is 13.0. The van der Waals surface area contributed by atoms with Gasteiger partial charge in [0.1, 0.15) is 17.8 Å². The second kappa shape index (κ2) is 8.07. The minimum absolute atomic E-state index is 0.00349. The van der Waals surface area contributed by atoms with Crippen LogP contribution in [0.4, 0.5) is 0 Å². The molecule has 0 saturated carbocycles. The first-order valence-corrected chi connectivity index (χ1v) is 8.98. The highest BCUT2D eigenvalue weighted by Crippen LogP contribution is 2.21. The van der Waals surface area contributed by atoms with Gasteiger partial charge in [-0.1, -0.05) is 13.8 Å². The van der Waals surface area contributed by atoms with E-state index in [-0.39, 0.29) is 18.0 Å². The summed E-state index contributed by atoms with van der Waals surface area (Å²) < 4.78 is 8.10. The van der Waals surface area contributed by atoms with Crippen LogP contribution in [0.3, 0.4) is 0 Å². The number of fused-ring (bicyclic) bond motifs is 1. The first kappa shape index (κ1) is 18.7. The van der Waals surface area contributed by atoms with E-state index in [9.17, 15) is 9.59 Å². The zero-order valence-corrected chi connectivity index (χ0v) is 15.8. The Hall–Kier alpha value is -3.09. The number of ether oxygens (including phenoxy) is 1. The Bertz CT molecular complexity index is 987. The van der Waals surface area contributed by atoms with Gasteiger partial charge in [0.2, 0.25) is 5.91 Å². The molecular weight excluding hydrogens is 344 g/mol. The van der Waals surface area contributed by atoms with Gasteiger partial charge in [-0.15, -0.1) is 0 Å². The Morgan fingerprint density at radius 2 is 1.96 bits per heavy atom. The topological polar surface area (TPSA) is 77.6 Å². The van der Waals surface area contributed by atoms with Crippen molar-refractivity contribution in [3.8, 4) is 17.0 Å². The molecule has 7 heteroatoms. The summed E-state index contributed by atoms with van der Waals surface area (Å²) in [6.45, 7) is 4.81. The molecule has 27 heavy (non-hydrogen) atoms. The van der Waals surface area contributed by atoms with Crippen molar-refractivity contribution in [1.82, 2.24) is 19.5 Å². The first-order valence-electron chi connectivity index (χ1n) is 8.98. The molecule has 0 bridgehead atoms. The Morgan fingerprint density at radius 1 is 1.22 bits per heavy atom. The lowest BCUT2D eigenvalue weighted by atomic mass is 10.1. The lowest BCUT2D eigenvalue weighted by Crippen LogP contribution is -2.33. The van der Waals surface area contributed by atoms with Gasteiger partial charge in [-0.05, 0) is 42.7 Å². The predicted octanol–water partition coefficient (Wildman–Crippen LogP) is 2.33. The van der Waals surface area contributed by atoms with Crippen LogP contribution in [0.25, 0.3) is 16.8 Å². The molecule has 0 fully saturated rings. The zero-order valence-electron chi connectivity index (χ0n) is 15.8. The van der Waals surface area contributed by atoms with Gasteiger partial charge >= 0.3 is 0 Å². The Kier molecular flexibility index (Phi) is 5.59. The fraction of sp³-hybridized carbons (Fsp3) is 0.350. The molecule has 2 heterocycles. The van der Waals surface area contributed by atoms with Crippen molar-refractivity contribution < 1.29 is 9.53 Å². The molecule has 3 rings (SSSR count). The van der Waals surface area contributed by atoms with Crippen molar-refractivity contribution in [1.29, 1.82) is 0 Å². The number of amides is 1. The number of hydrogen-bond donors (Lipinski definition) is 1. The van der Waals surface area contributed by atoms with Crippen LogP contribution in [0.15, 0.2) is 47.5 Å². The third kappa shape index (κ3) is 4.36. The summed E-state index contributed by atoms with van der Waals surface area (Å²) in [5, 5.41) is 7.30. The van der Waals surface area contributed by atoms with Crippen molar-refractivity contribution in [3.63, 3.8) is 0 Å². The summed E-state index contributed by atoms with van der Waals surface area (Å²) in [5.74, 6) is 1.11. The van der Waals surface area contributed by atoms with Gasteiger partial charge in [0.15, 0.2) is 0 Å². The van der Waals surface area contributed by atoms with Crippen LogP contribution in [0.1, 0.15) is 20.3 Å². The van der Waals surface area contributed by atoms with Crippen molar-refractivity contribution in [2.24, 2.45) is 5.92 Å². The Labute approximate surface area is 157 Å². The maximum atomic E-state index is 12.7. The van der Waals surface area contributed by atoms with E-state index in [1.807, 2.05) is 24.3 Å². The molecular formula is C20H24N4O3. The normalized spacial score (nSPS) is 11.1. The molecule has 0 unspecified atom stereocenters. The van der Waals surface area contributed by atoms with Gasteiger partial charge in [-0.3, -0.25) is 9.59 Å². The van der Waals surface area contributed by atoms with Crippen LogP contribution in [0.5, 0.6) is 5.75 Å². The molecule has 2 aromatic heterocycles. The molecule has 0 radical (unpaired) electrons. The van der Waals surface area contributed by atoms with Crippen LogP contribution in [-0.2, 0) is 11.3 Å². The van der Waals surface area contributed by atoms with Crippen LogP contribution in [0, 0.1) is 5.92 Å². The Morgan fingerprint density at radius 3 is 2.63 bits per heavy atom. The third-order valence-corrected chi connectivity index (χ3v) is 4.35. The number of nitrogens with one attached hydrogen (secondary N) is 1. The molecule has 3 aromatic rings. The molecule has 7 nitrogen and oxygen atoms in total. The maximum absolute atomic E-state index is 12.7. The fourth-order valence-corrected chi connectivity index (χ4v) is 2.76. The van der Waals surface area contributed by atoms with Gasteiger partial charge in [0.05, 0.1) is 12.8 Å². The van der Waals surface area contributed by atoms with E-state index in [2.05, 4.69) is 24.3 Å². The SMILES string of the molecule is COc1ccc(-c2cc3c(=O)n(CC(=O)NCCC(C)C)ccn3n2)cc1. The van der Waals surface area contributed by atoms with Crippen molar-refractivity contribution >= 4 is 11.4 Å². The molecule has 0 spiro atoms. The van der Waals surface area contributed by atoms with Gasteiger partial charge < -0.3 is 14.6 Å². The van der Waals surface area contributed by atoms with E-state index in [1.165, 1.54) is 9.08 Å². The van der Waals surface area contributed by atoms with E-state index >= 15 is 0 Å². The predicted molar refractivity (Wildman–Crippen MR) is 104 cm³/mol. The third-order valence-electron chi connectivity index (χ3n) is 4.35. The van der Waals surface area contributed by atoms with Crippen molar-refractivity contribution in [2.45, 2.75) is 26.8 Å². The molecule has 1 aromatic carbocycles. The molecule has 0 aliphatic carbocycles. The number of rotatable bonds is 7. The summed E-state index contributed by atoms with van der Waals surface area (Å²) >= 11 is 0. The molecule has 0 atom stereocenters. The largest absolute Gasteiger partial charge is 0.497 e. The summed E-state index contributed by atoms with van der Waals surface area (Å²) in [6.07, 6.45) is 4.18. The molecule has 142 valence electrons. The van der Waals surface area contributed by atoms with Crippen molar-refractivity contribution in [3.05, 3.63) is 53.1 Å². The minimum atomic E-state index is -0.247. The zero-order chi connectivity index (χ0) is 19.4. The quantitative estimate of drug-likeness (QED) is 0.694. The van der Waals surface area contributed by atoms with E-state index in [0.29, 0.717) is 23.7 Å².